The maximum Gasteiger partial charge on any atom is 0.322 e. The minimum atomic E-state index is -0.191. The van der Waals surface area contributed by atoms with Crippen molar-refractivity contribution in [1.82, 2.24) is 5.32 Å². The third-order valence-electron chi connectivity index (χ3n) is 4.05. The minimum absolute atomic E-state index is 0.172. The molecule has 0 radical (unpaired) electrons. The zero-order valence-electron chi connectivity index (χ0n) is 12.1. The Labute approximate surface area is 124 Å². The van der Waals surface area contributed by atoms with Crippen LogP contribution in [0.1, 0.15) is 24.4 Å². The summed E-state index contributed by atoms with van der Waals surface area (Å²) < 4.78 is 4.83. The normalized spacial score (nSPS) is 21.2. The van der Waals surface area contributed by atoms with E-state index in [1.165, 1.54) is 23.8 Å². The average molecular weight is 281 g/mol. The Morgan fingerprint density at radius 1 is 1.05 bits per heavy atom. The van der Waals surface area contributed by atoms with Crippen LogP contribution in [0.4, 0.5) is 0 Å². The molecule has 1 N–H and O–H groups in total. The van der Waals surface area contributed by atoms with Crippen molar-refractivity contribution >= 4 is 5.97 Å². The van der Waals surface area contributed by atoms with Crippen molar-refractivity contribution in [3.8, 4) is 11.1 Å². The molecule has 1 saturated heterocycles. The second-order valence-electron chi connectivity index (χ2n) is 5.33. The summed E-state index contributed by atoms with van der Waals surface area (Å²) >= 11 is 0. The van der Waals surface area contributed by atoms with Crippen LogP contribution in [0.25, 0.3) is 11.1 Å². The van der Waals surface area contributed by atoms with Gasteiger partial charge in [0.15, 0.2) is 0 Å². The van der Waals surface area contributed by atoms with Crippen LogP contribution < -0.4 is 5.32 Å². The fourth-order valence-electron chi connectivity index (χ4n) is 3.00. The summed E-state index contributed by atoms with van der Waals surface area (Å²) in [5, 5.41) is 3.39. The van der Waals surface area contributed by atoms with E-state index in [0.29, 0.717) is 0 Å². The van der Waals surface area contributed by atoms with E-state index >= 15 is 0 Å². The van der Waals surface area contributed by atoms with Crippen molar-refractivity contribution in [1.29, 1.82) is 0 Å². The van der Waals surface area contributed by atoms with E-state index in [1.54, 1.807) is 0 Å². The monoisotopic (exact) mass is 281 g/mol. The number of ether oxygens (including phenoxy) is 1. The number of esters is 1. The van der Waals surface area contributed by atoms with Crippen molar-refractivity contribution in [3.05, 3.63) is 60.2 Å². The van der Waals surface area contributed by atoms with Crippen molar-refractivity contribution < 1.29 is 9.53 Å². The van der Waals surface area contributed by atoms with Gasteiger partial charge in [-0.2, -0.15) is 0 Å². The van der Waals surface area contributed by atoms with Crippen LogP contribution in [0.15, 0.2) is 54.6 Å². The summed E-state index contributed by atoms with van der Waals surface area (Å²) in [6.45, 7) is 0. The Balaban J connectivity index is 1.89. The highest BCUT2D eigenvalue weighted by atomic mass is 16.5. The number of benzene rings is 2. The van der Waals surface area contributed by atoms with Gasteiger partial charge in [0.05, 0.1) is 7.11 Å². The van der Waals surface area contributed by atoms with Gasteiger partial charge < -0.3 is 4.74 Å². The maximum atomic E-state index is 11.7. The molecule has 0 spiro atoms. The summed E-state index contributed by atoms with van der Waals surface area (Å²) in [5.41, 5.74) is 3.67. The van der Waals surface area contributed by atoms with E-state index in [4.69, 9.17) is 4.74 Å². The van der Waals surface area contributed by atoms with Crippen LogP contribution in [-0.4, -0.2) is 19.1 Å². The largest absolute Gasteiger partial charge is 0.468 e. The average Bonchev–Trinajstić information content (AvgIpc) is 3.05. The highest BCUT2D eigenvalue weighted by molar-refractivity contribution is 5.76. The van der Waals surface area contributed by atoms with Gasteiger partial charge in [0, 0.05) is 6.04 Å². The number of rotatable bonds is 3. The zero-order valence-corrected chi connectivity index (χ0v) is 12.1. The van der Waals surface area contributed by atoms with Gasteiger partial charge in [-0.3, -0.25) is 10.1 Å². The quantitative estimate of drug-likeness (QED) is 0.877. The molecule has 108 valence electrons. The van der Waals surface area contributed by atoms with Crippen molar-refractivity contribution in [3.63, 3.8) is 0 Å². The first-order valence-corrected chi connectivity index (χ1v) is 7.28. The highest BCUT2D eigenvalue weighted by Crippen LogP contribution is 2.34. The molecule has 0 saturated carbocycles. The van der Waals surface area contributed by atoms with Crippen LogP contribution in [0.2, 0.25) is 0 Å². The van der Waals surface area contributed by atoms with Crippen LogP contribution in [0.3, 0.4) is 0 Å². The Morgan fingerprint density at radius 2 is 1.76 bits per heavy atom. The fraction of sp³-hybridized carbons (Fsp3) is 0.278. The number of carbonyl (C=O) groups is 1. The van der Waals surface area contributed by atoms with Crippen molar-refractivity contribution in [2.45, 2.75) is 24.9 Å². The second-order valence-corrected chi connectivity index (χ2v) is 5.33. The minimum Gasteiger partial charge on any atom is -0.468 e. The lowest BCUT2D eigenvalue weighted by Crippen LogP contribution is -2.33. The molecule has 2 aromatic carbocycles. The van der Waals surface area contributed by atoms with E-state index < -0.39 is 0 Å². The molecule has 3 rings (SSSR count). The topological polar surface area (TPSA) is 38.3 Å². The molecule has 0 aromatic heterocycles. The smallest absolute Gasteiger partial charge is 0.322 e. The first kappa shape index (κ1) is 13.8. The zero-order chi connectivity index (χ0) is 14.7. The number of hydrogen-bond donors (Lipinski definition) is 1. The summed E-state index contributed by atoms with van der Waals surface area (Å²) in [4.78, 5) is 11.7. The number of methoxy groups -OCH3 is 1. The molecule has 0 bridgehead atoms. The molecule has 1 aliphatic heterocycles. The Kier molecular flexibility index (Phi) is 4.02. The molecule has 2 atom stereocenters. The SMILES string of the molecule is COC(=O)C1CCC(c2ccccc2-c2ccccc2)N1. The van der Waals surface area contributed by atoms with Crippen LogP contribution in [0.5, 0.6) is 0 Å². The maximum absolute atomic E-state index is 11.7. The first-order valence-electron chi connectivity index (χ1n) is 7.28. The van der Waals surface area contributed by atoms with Gasteiger partial charge in [0.25, 0.3) is 0 Å². The van der Waals surface area contributed by atoms with E-state index in [2.05, 4.69) is 41.7 Å². The Hall–Kier alpha value is -2.13. The third kappa shape index (κ3) is 2.83. The molecule has 3 nitrogen and oxygen atoms in total. The van der Waals surface area contributed by atoms with Crippen LogP contribution >= 0.6 is 0 Å². The molecular weight excluding hydrogens is 262 g/mol. The van der Waals surface area contributed by atoms with Gasteiger partial charge in [-0.05, 0) is 29.5 Å². The van der Waals surface area contributed by atoms with Gasteiger partial charge in [0.1, 0.15) is 6.04 Å². The van der Waals surface area contributed by atoms with E-state index in [9.17, 15) is 4.79 Å². The van der Waals surface area contributed by atoms with Crippen LogP contribution in [0, 0.1) is 0 Å². The summed E-state index contributed by atoms with van der Waals surface area (Å²) in [6.07, 6.45) is 1.77. The van der Waals surface area contributed by atoms with Gasteiger partial charge >= 0.3 is 5.97 Å². The van der Waals surface area contributed by atoms with Crippen LogP contribution in [-0.2, 0) is 9.53 Å². The van der Waals surface area contributed by atoms with Gasteiger partial charge in [-0.15, -0.1) is 0 Å². The standard InChI is InChI=1S/C18H19NO2/c1-21-18(20)17-12-11-16(19-17)15-10-6-5-9-14(15)13-7-3-2-4-8-13/h2-10,16-17,19H,11-12H2,1H3. The summed E-state index contributed by atoms with van der Waals surface area (Å²) in [7, 11) is 1.44. The van der Waals surface area contributed by atoms with Gasteiger partial charge in [-0.1, -0.05) is 54.6 Å². The molecule has 0 amide bonds. The molecule has 1 fully saturated rings. The van der Waals surface area contributed by atoms with E-state index in [0.717, 1.165) is 12.8 Å². The molecule has 1 heterocycles. The van der Waals surface area contributed by atoms with Crippen molar-refractivity contribution in [2.24, 2.45) is 0 Å². The molecule has 0 aliphatic carbocycles. The highest BCUT2D eigenvalue weighted by Gasteiger charge is 2.31. The third-order valence-corrected chi connectivity index (χ3v) is 4.05. The predicted molar refractivity (Wildman–Crippen MR) is 82.8 cm³/mol. The molecular formula is C18H19NO2. The Bertz CT molecular complexity index is 624. The first-order chi connectivity index (χ1) is 10.3. The number of hydrogen-bond acceptors (Lipinski definition) is 3. The molecule has 2 aromatic rings. The lowest BCUT2D eigenvalue weighted by molar-refractivity contribution is -0.142. The van der Waals surface area contributed by atoms with Gasteiger partial charge in [0.2, 0.25) is 0 Å². The van der Waals surface area contributed by atoms with Gasteiger partial charge in [-0.25, -0.2) is 0 Å². The number of carbonyl (C=O) groups excluding carboxylic acids is 1. The molecule has 2 unspecified atom stereocenters. The molecule has 1 aliphatic rings. The van der Waals surface area contributed by atoms with E-state index in [-0.39, 0.29) is 18.1 Å². The molecule has 3 heteroatoms. The van der Waals surface area contributed by atoms with E-state index in [1.807, 2.05) is 18.2 Å². The Morgan fingerprint density at radius 3 is 2.52 bits per heavy atom. The predicted octanol–water partition coefficient (Wildman–Crippen LogP) is 3.32. The lowest BCUT2D eigenvalue weighted by atomic mass is 9.94. The lowest BCUT2D eigenvalue weighted by Gasteiger charge is -2.17. The number of nitrogens with one attached hydrogen (secondary N) is 1. The fourth-order valence-corrected chi connectivity index (χ4v) is 3.00. The summed E-state index contributed by atoms with van der Waals surface area (Å²) in [5.74, 6) is -0.172. The van der Waals surface area contributed by atoms with Crippen molar-refractivity contribution in [2.75, 3.05) is 7.11 Å². The second kappa shape index (κ2) is 6.10. The molecule has 21 heavy (non-hydrogen) atoms. The summed E-state index contributed by atoms with van der Waals surface area (Å²) in [6, 6.07) is 18.7.